The summed E-state index contributed by atoms with van der Waals surface area (Å²) in [6, 6.07) is 0.795. The molecule has 3 heterocycles. The van der Waals surface area contributed by atoms with Crippen LogP contribution >= 0.6 is 0 Å². The lowest BCUT2D eigenvalue weighted by atomic mass is 9.94. The molecule has 15 nitrogen and oxygen atoms in total. The van der Waals surface area contributed by atoms with Crippen LogP contribution in [0.3, 0.4) is 0 Å². The number of Topliss-reactive ketones (excluding diaryl/α,β-unsaturated/α-hetero) is 1. The van der Waals surface area contributed by atoms with E-state index >= 15 is 0 Å². The number of carbonyl (C=O) groups is 7. The van der Waals surface area contributed by atoms with Crippen molar-refractivity contribution in [2.45, 2.75) is 321 Å². The summed E-state index contributed by atoms with van der Waals surface area (Å²) in [4.78, 5) is 86.9. The number of hydrogen-bond acceptors (Lipinski definition) is 10. The summed E-state index contributed by atoms with van der Waals surface area (Å²) in [5.74, 6) is -0.536. The van der Waals surface area contributed by atoms with Gasteiger partial charge in [-0.1, -0.05) is 111 Å². The molecule has 0 spiro atoms. The normalized spacial score (nSPS) is 18.6. The third-order valence-corrected chi connectivity index (χ3v) is 15.7. The maximum absolute atomic E-state index is 12.3. The van der Waals surface area contributed by atoms with Crippen LogP contribution in [0.25, 0.3) is 0 Å². The van der Waals surface area contributed by atoms with E-state index in [4.69, 9.17) is 10.2 Å². The second kappa shape index (κ2) is 46.3. The molecule has 0 bridgehead atoms. The number of aliphatic hydroxyl groups excluding tert-OH is 2. The summed E-state index contributed by atoms with van der Waals surface area (Å²) >= 11 is 0. The van der Waals surface area contributed by atoms with Crippen molar-refractivity contribution in [1.82, 2.24) is 14.7 Å². The first kappa shape index (κ1) is 70.4. The number of aliphatic hydroxyl groups is 2. The maximum atomic E-state index is 12.3. The lowest BCUT2D eigenvalue weighted by molar-refractivity contribution is -0.141. The van der Waals surface area contributed by atoms with Crippen LogP contribution in [0, 0.1) is 0 Å². The third-order valence-electron chi connectivity index (χ3n) is 15.7. The number of unbranched alkanes of at least 4 members (excludes halogenated alkanes) is 15. The number of ketones is 1. The average Bonchev–Trinajstić information content (AvgIpc) is 3.39. The predicted octanol–water partition coefficient (Wildman–Crippen LogP) is 12.7. The third kappa shape index (κ3) is 35.7. The Morgan fingerprint density at radius 2 is 0.789 bits per heavy atom. The number of methoxy groups -OCH3 is 1. The minimum atomic E-state index is -0.741. The molecule has 0 aliphatic carbocycles. The van der Waals surface area contributed by atoms with Crippen LogP contribution in [-0.2, 0) is 38.3 Å². The minimum Gasteiger partial charge on any atom is -0.481 e. The van der Waals surface area contributed by atoms with Gasteiger partial charge in [0.25, 0.3) is 0 Å². The van der Waals surface area contributed by atoms with Crippen LogP contribution in [0.5, 0.6) is 0 Å². The van der Waals surface area contributed by atoms with Crippen molar-refractivity contribution in [3.63, 3.8) is 0 Å². The Kier molecular flexibility index (Phi) is 42.9. The number of carboxylic acids is 2. The van der Waals surface area contributed by atoms with Gasteiger partial charge in [0.05, 0.1) is 19.3 Å². The molecule has 0 aromatic carbocycles. The number of ether oxygens (including phenoxy) is 1. The van der Waals surface area contributed by atoms with Gasteiger partial charge in [-0.05, 0) is 128 Å². The van der Waals surface area contributed by atoms with Gasteiger partial charge in [-0.2, -0.15) is 0 Å². The molecule has 76 heavy (non-hydrogen) atoms. The zero-order chi connectivity index (χ0) is 56.2. The SMILES string of the molecule is CCCCCC(=O)CCC1CCCC(=O)N1CCCCCCC(=O)O.CCCCCC(O)CCC1CCCC(=O)N1CCCCCCC(=O)O.CCCCCC(O)CCC1CCCC(=O)N1CCCCCCC(=O)OC. The molecule has 0 aromatic rings. The average molecular weight is 1080 g/mol. The van der Waals surface area contributed by atoms with Gasteiger partial charge in [0, 0.05) is 89.1 Å². The summed E-state index contributed by atoms with van der Waals surface area (Å²) in [6.07, 6.45) is 36.7. The standard InChI is InChI=1S/C21H39NO4.C20H37NO4.C20H35NO4/c1-3-4-7-12-19(23)16-15-18-11-10-13-20(24)22(18)17-9-6-5-8-14-21(25)26-2;2*1-2-3-6-11-18(22)15-14-17-10-9-12-19(23)21(17)16-8-5-4-7-13-20(24)25/h18-19,23H,3-17H2,1-2H3;17-18,22H,2-16H2,1H3,(H,24,25);17H,2-16H2,1H3,(H,24,25). The van der Waals surface area contributed by atoms with Crippen LogP contribution in [0.2, 0.25) is 0 Å². The number of hydrogen-bond donors (Lipinski definition) is 4. The Morgan fingerprint density at radius 1 is 0.447 bits per heavy atom. The Morgan fingerprint density at radius 3 is 1.16 bits per heavy atom. The number of likely N-dealkylation sites (tertiary alicyclic amines) is 3. The first-order chi connectivity index (χ1) is 36.7. The van der Waals surface area contributed by atoms with E-state index in [1.807, 2.05) is 9.80 Å². The van der Waals surface area contributed by atoms with E-state index < -0.39 is 11.9 Å². The van der Waals surface area contributed by atoms with Gasteiger partial charge in [-0.25, -0.2) is 0 Å². The van der Waals surface area contributed by atoms with Gasteiger partial charge in [0.2, 0.25) is 17.7 Å². The number of esters is 1. The number of nitrogens with zero attached hydrogens (tertiary/aromatic N) is 3. The van der Waals surface area contributed by atoms with E-state index in [1.54, 1.807) is 0 Å². The minimum absolute atomic E-state index is 0.145. The molecule has 3 aliphatic heterocycles. The fraction of sp³-hybridized carbons (Fsp3) is 0.885. The molecule has 3 rings (SSSR count). The van der Waals surface area contributed by atoms with Crippen molar-refractivity contribution in [3.8, 4) is 0 Å². The van der Waals surface area contributed by atoms with Crippen molar-refractivity contribution in [1.29, 1.82) is 0 Å². The molecule has 0 radical (unpaired) electrons. The lowest BCUT2D eigenvalue weighted by Crippen LogP contribution is -2.44. The second-order valence-corrected chi connectivity index (χ2v) is 22.2. The van der Waals surface area contributed by atoms with E-state index in [9.17, 15) is 43.8 Å². The number of rotatable bonds is 42. The molecule has 3 aliphatic rings. The van der Waals surface area contributed by atoms with Crippen molar-refractivity contribution >= 4 is 41.4 Å². The Bertz CT molecular complexity index is 1560. The monoisotopic (exact) mass is 1080 g/mol. The number of carbonyl (C=O) groups excluding carboxylic acids is 5. The fourth-order valence-electron chi connectivity index (χ4n) is 11.0. The molecular weight excluding hydrogens is 967 g/mol. The van der Waals surface area contributed by atoms with E-state index in [2.05, 4.69) is 30.4 Å². The molecule has 0 saturated carbocycles. The molecule has 3 saturated heterocycles. The molecule has 3 fully saturated rings. The van der Waals surface area contributed by atoms with Crippen molar-refractivity contribution < 1.29 is 58.7 Å². The summed E-state index contributed by atoms with van der Waals surface area (Å²) in [7, 11) is 1.42. The highest BCUT2D eigenvalue weighted by Crippen LogP contribution is 2.27. The number of piperidine rings is 3. The molecular formula is C61H111N3O12. The second-order valence-electron chi connectivity index (χ2n) is 22.2. The lowest BCUT2D eigenvalue weighted by Gasteiger charge is -2.36. The summed E-state index contributed by atoms with van der Waals surface area (Å²) in [6.45, 7) is 8.82. The van der Waals surface area contributed by atoms with Crippen LogP contribution < -0.4 is 0 Å². The van der Waals surface area contributed by atoms with E-state index in [0.717, 1.165) is 206 Å². The highest BCUT2D eigenvalue weighted by atomic mass is 16.5. The summed E-state index contributed by atoms with van der Waals surface area (Å²) < 4.78 is 4.64. The molecule has 5 unspecified atom stereocenters. The van der Waals surface area contributed by atoms with Gasteiger partial charge >= 0.3 is 17.9 Å². The Hall–Kier alpha value is -3.59. The quantitative estimate of drug-likeness (QED) is 0.0331. The van der Waals surface area contributed by atoms with Crippen molar-refractivity contribution in [2.75, 3.05) is 26.7 Å². The van der Waals surface area contributed by atoms with Gasteiger partial charge in [0.1, 0.15) is 5.78 Å². The number of carboxylic acid groups (broad SMARTS) is 2. The van der Waals surface area contributed by atoms with Gasteiger partial charge in [-0.15, -0.1) is 0 Å². The highest BCUT2D eigenvalue weighted by molar-refractivity contribution is 5.79. The first-order valence-electron chi connectivity index (χ1n) is 30.9. The molecule has 15 heteroatoms. The Labute approximate surface area is 460 Å². The van der Waals surface area contributed by atoms with E-state index in [-0.39, 0.29) is 60.8 Å². The summed E-state index contributed by atoms with van der Waals surface area (Å²) in [5, 5.41) is 37.6. The topological polar surface area (TPSA) is 219 Å². The first-order valence-corrected chi connectivity index (χ1v) is 30.9. The van der Waals surface area contributed by atoms with Crippen molar-refractivity contribution in [2.24, 2.45) is 0 Å². The molecule has 3 amide bonds. The zero-order valence-corrected chi connectivity index (χ0v) is 48.6. The van der Waals surface area contributed by atoms with E-state index in [0.29, 0.717) is 56.8 Å². The van der Waals surface area contributed by atoms with Crippen molar-refractivity contribution in [3.05, 3.63) is 0 Å². The highest BCUT2D eigenvalue weighted by Gasteiger charge is 2.30. The van der Waals surface area contributed by atoms with Crippen LogP contribution in [0.15, 0.2) is 0 Å². The summed E-state index contributed by atoms with van der Waals surface area (Å²) in [5.41, 5.74) is 0. The smallest absolute Gasteiger partial charge is 0.305 e. The van der Waals surface area contributed by atoms with E-state index in [1.165, 1.54) is 32.8 Å². The van der Waals surface area contributed by atoms with Gasteiger partial charge < -0.3 is 39.9 Å². The largest absolute Gasteiger partial charge is 0.481 e. The Balaban J connectivity index is 0.000000570. The number of amides is 3. The van der Waals surface area contributed by atoms with Gasteiger partial charge in [-0.3, -0.25) is 33.6 Å². The van der Waals surface area contributed by atoms with Crippen LogP contribution in [0.1, 0.15) is 290 Å². The maximum Gasteiger partial charge on any atom is 0.305 e. The van der Waals surface area contributed by atoms with Crippen LogP contribution in [0.4, 0.5) is 0 Å². The molecule has 442 valence electrons. The number of aliphatic carboxylic acids is 2. The molecule has 4 N–H and O–H groups in total. The predicted molar refractivity (Wildman–Crippen MR) is 302 cm³/mol. The molecule has 5 atom stereocenters. The zero-order valence-electron chi connectivity index (χ0n) is 48.6. The molecule has 0 aromatic heterocycles. The van der Waals surface area contributed by atoms with Gasteiger partial charge in [0.15, 0.2) is 0 Å². The van der Waals surface area contributed by atoms with Crippen LogP contribution in [-0.4, -0.2) is 134 Å². The fourth-order valence-corrected chi connectivity index (χ4v) is 11.0.